The number of aliphatic hydroxyl groups is 1. The van der Waals surface area contributed by atoms with Crippen LogP contribution >= 0.6 is 0 Å². The molecule has 19 heavy (non-hydrogen) atoms. The lowest BCUT2D eigenvalue weighted by Gasteiger charge is -2.16. The molecular weight excluding hydrogens is 254 g/mol. The van der Waals surface area contributed by atoms with Crippen molar-refractivity contribution in [1.29, 1.82) is 0 Å². The molecule has 0 fully saturated rings. The summed E-state index contributed by atoms with van der Waals surface area (Å²) in [5.41, 5.74) is -0.490. The van der Waals surface area contributed by atoms with Gasteiger partial charge in [-0.15, -0.1) is 0 Å². The van der Waals surface area contributed by atoms with Gasteiger partial charge in [-0.2, -0.15) is 0 Å². The van der Waals surface area contributed by atoms with Gasteiger partial charge in [-0.1, -0.05) is 0 Å². The highest BCUT2D eigenvalue weighted by atomic mass is 16.6. The number of nitro groups is 2. The van der Waals surface area contributed by atoms with Gasteiger partial charge in [0.2, 0.25) is 0 Å². The molecule has 1 aromatic carbocycles. The monoisotopic (exact) mass is 269 g/mol. The smallest absolute Gasteiger partial charge is 0.299 e. The SMILES string of the molecule is CC(O)CC(C)Nc1ccc([N+](=O)[O-])cc1[N+](=O)[O-]. The first-order valence-corrected chi connectivity index (χ1v) is 5.68. The first kappa shape index (κ1) is 14.8. The molecule has 0 amide bonds. The van der Waals surface area contributed by atoms with Crippen LogP contribution in [0, 0.1) is 20.2 Å². The van der Waals surface area contributed by atoms with Gasteiger partial charge in [-0.3, -0.25) is 20.2 Å². The third-order valence-corrected chi connectivity index (χ3v) is 2.49. The van der Waals surface area contributed by atoms with E-state index in [2.05, 4.69) is 5.32 Å². The number of aliphatic hydroxyl groups excluding tert-OH is 1. The van der Waals surface area contributed by atoms with Crippen molar-refractivity contribution >= 4 is 17.1 Å². The first-order chi connectivity index (χ1) is 8.81. The number of anilines is 1. The number of nitro benzene ring substituents is 2. The van der Waals surface area contributed by atoms with Gasteiger partial charge in [-0.25, -0.2) is 0 Å². The van der Waals surface area contributed by atoms with Crippen LogP contribution in [-0.4, -0.2) is 27.1 Å². The Balaban J connectivity index is 3.00. The molecule has 0 spiro atoms. The summed E-state index contributed by atoms with van der Waals surface area (Å²) in [6, 6.07) is 3.22. The van der Waals surface area contributed by atoms with E-state index in [-0.39, 0.29) is 23.1 Å². The minimum absolute atomic E-state index is 0.194. The van der Waals surface area contributed by atoms with Gasteiger partial charge in [0.05, 0.1) is 22.0 Å². The number of nitrogens with one attached hydrogen (secondary N) is 1. The lowest BCUT2D eigenvalue weighted by atomic mass is 10.1. The van der Waals surface area contributed by atoms with Crippen LogP contribution in [0.3, 0.4) is 0 Å². The van der Waals surface area contributed by atoms with Crippen molar-refractivity contribution in [3.05, 3.63) is 38.4 Å². The summed E-state index contributed by atoms with van der Waals surface area (Å²) in [6.07, 6.45) is -0.131. The zero-order valence-electron chi connectivity index (χ0n) is 10.6. The van der Waals surface area contributed by atoms with Gasteiger partial charge in [0.15, 0.2) is 0 Å². The molecule has 104 valence electrons. The van der Waals surface area contributed by atoms with Gasteiger partial charge in [0, 0.05) is 12.1 Å². The molecule has 0 aromatic heterocycles. The third-order valence-electron chi connectivity index (χ3n) is 2.49. The van der Waals surface area contributed by atoms with Crippen LogP contribution in [0.2, 0.25) is 0 Å². The van der Waals surface area contributed by atoms with E-state index >= 15 is 0 Å². The Bertz CT molecular complexity index is 489. The van der Waals surface area contributed by atoms with E-state index in [1.165, 1.54) is 12.1 Å². The van der Waals surface area contributed by atoms with Crippen molar-refractivity contribution in [2.24, 2.45) is 0 Å². The summed E-state index contributed by atoms with van der Waals surface area (Å²) in [5, 5.41) is 33.6. The second-order valence-electron chi connectivity index (χ2n) is 4.35. The van der Waals surface area contributed by atoms with Crippen LogP contribution in [0.25, 0.3) is 0 Å². The van der Waals surface area contributed by atoms with Crippen molar-refractivity contribution in [3.63, 3.8) is 0 Å². The van der Waals surface area contributed by atoms with Crippen molar-refractivity contribution in [2.75, 3.05) is 5.32 Å². The number of hydrogen-bond donors (Lipinski definition) is 2. The lowest BCUT2D eigenvalue weighted by Crippen LogP contribution is -2.21. The Morgan fingerprint density at radius 1 is 1.26 bits per heavy atom. The van der Waals surface area contributed by atoms with Crippen LogP contribution in [0.4, 0.5) is 17.1 Å². The largest absolute Gasteiger partial charge is 0.393 e. The normalized spacial score (nSPS) is 13.6. The lowest BCUT2D eigenvalue weighted by molar-refractivity contribution is -0.393. The van der Waals surface area contributed by atoms with Gasteiger partial charge in [-0.05, 0) is 26.3 Å². The van der Waals surface area contributed by atoms with Crippen LogP contribution in [0.1, 0.15) is 20.3 Å². The quantitative estimate of drug-likeness (QED) is 0.602. The van der Waals surface area contributed by atoms with Crippen LogP contribution in [-0.2, 0) is 0 Å². The molecule has 0 heterocycles. The molecule has 2 N–H and O–H groups in total. The summed E-state index contributed by atoms with van der Waals surface area (Å²) >= 11 is 0. The number of benzene rings is 1. The maximum Gasteiger partial charge on any atom is 0.299 e. The fourth-order valence-corrected chi connectivity index (χ4v) is 1.74. The number of hydrogen-bond acceptors (Lipinski definition) is 6. The van der Waals surface area contributed by atoms with Crippen LogP contribution < -0.4 is 5.32 Å². The molecule has 1 rings (SSSR count). The summed E-state index contributed by atoms with van der Waals surface area (Å²) in [4.78, 5) is 20.1. The number of nitrogens with zero attached hydrogens (tertiary/aromatic N) is 2. The second-order valence-corrected chi connectivity index (χ2v) is 4.35. The maximum atomic E-state index is 10.9. The topological polar surface area (TPSA) is 119 Å². The van der Waals surface area contributed by atoms with Crippen LogP contribution in [0.15, 0.2) is 18.2 Å². The Kier molecular flexibility index (Phi) is 4.76. The Hall–Kier alpha value is -2.22. The Morgan fingerprint density at radius 3 is 2.37 bits per heavy atom. The standard InChI is InChI=1S/C11H15N3O5/c1-7(5-8(2)15)12-10-4-3-9(13(16)17)6-11(10)14(18)19/h3-4,6-8,12,15H,5H2,1-2H3. The predicted octanol–water partition coefficient (Wildman–Crippen LogP) is 2.07. The second kappa shape index (κ2) is 6.10. The maximum absolute atomic E-state index is 10.9. The summed E-state index contributed by atoms with van der Waals surface area (Å²) < 4.78 is 0. The molecule has 0 saturated heterocycles. The van der Waals surface area contributed by atoms with E-state index in [1.54, 1.807) is 13.8 Å². The molecule has 0 saturated carbocycles. The molecule has 0 radical (unpaired) electrons. The van der Waals surface area contributed by atoms with Crippen molar-refractivity contribution in [1.82, 2.24) is 0 Å². The van der Waals surface area contributed by atoms with E-state index in [1.807, 2.05) is 0 Å². The van der Waals surface area contributed by atoms with Gasteiger partial charge in [0.1, 0.15) is 5.69 Å². The molecule has 1 aromatic rings. The molecule has 2 unspecified atom stereocenters. The summed E-state index contributed by atoms with van der Waals surface area (Å²) in [6.45, 7) is 3.38. The van der Waals surface area contributed by atoms with Gasteiger partial charge < -0.3 is 10.4 Å². The zero-order chi connectivity index (χ0) is 14.6. The van der Waals surface area contributed by atoms with E-state index in [9.17, 15) is 25.3 Å². The van der Waals surface area contributed by atoms with Crippen LogP contribution in [0.5, 0.6) is 0 Å². The van der Waals surface area contributed by atoms with Crippen molar-refractivity contribution < 1.29 is 15.0 Å². The minimum atomic E-state index is -0.685. The molecular formula is C11H15N3O5. The number of non-ortho nitro benzene ring substituents is 1. The zero-order valence-corrected chi connectivity index (χ0v) is 10.6. The summed E-state index contributed by atoms with van der Waals surface area (Å²) in [7, 11) is 0. The fourth-order valence-electron chi connectivity index (χ4n) is 1.74. The van der Waals surface area contributed by atoms with E-state index in [0.717, 1.165) is 6.07 Å². The van der Waals surface area contributed by atoms with Crippen molar-refractivity contribution in [3.8, 4) is 0 Å². The van der Waals surface area contributed by atoms with Gasteiger partial charge in [0.25, 0.3) is 11.4 Å². The molecule has 0 aliphatic heterocycles. The number of rotatable bonds is 6. The predicted molar refractivity (Wildman–Crippen MR) is 69.1 cm³/mol. The highest BCUT2D eigenvalue weighted by molar-refractivity contribution is 5.65. The molecule has 8 heteroatoms. The third kappa shape index (κ3) is 4.18. The average molecular weight is 269 g/mol. The minimum Gasteiger partial charge on any atom is -0.393 e. The van der Waals surface area contributed by atoms with E-state index in [0.29, 0.717) is 6.42 Å². The molecule has 2 atom stereocenters. The molecule has 0 bridgehead atoms. The fraction of sp³-hybridized carbons (Fsp3) is 0.455. The molecule has 0 aliphatic carbocycles. The Morgan fingerprint density at radius 2 is 1.89 bits per heavy atom. The van der Waals surface area contributed by atoms with Gasteiger partial charge >= 0.3 is 0 Å². The van der Waals surface area contributed by atoms with Crippen molar-refractivity contribution in [2.45, 2.75) is 32.4 Å². The molecule has 0 aliphatic rings. The van der Waals surface area contributed by atoms with E-state index in [4.69, 9.17) is 0 Å². The average Bonchev–Trinajstić information content (AvgIpc) is 2.27. The highest BCUT2D eigenvalue weighted by Gasteiger charge is 2.20. The Labute approximate surface area is 109 Å². The van der Waals surface area contributed by atoms with E-state index < -0.39 is 16.0 Å². The first-order valence-electron chi connectivity index (χ1n) is 5.68. The molecule has 8 nitrogen and oxygen atoms in total. The highest BCUT2D eigenvalue weighted by Crippen LogP contribution is 2.29. The summed E-state index contributed by atoms with van der Waals surface area (Å²) in [5.74, 6) is 0.